The van der Waals surface area contributed by atoms with E-state index in [1.807, 2.05) is 31.0 Å². The Balaban J connectivity index is 1.69. The summed E-state index contributed by atoms with van der Waals surface area (Å²) in [5, 5.41) is 11.3. The van der Waals surface area contributed by atoms with Gasteiger partial charge in [-0.1, -0.05) is 29.8 Å². The van der Waals surface area contributed by atoms with Gasteiger partial charge in [0.25, 0.3) is 11.7 Å². The van der Waals surface area contributed by atoms with Crippen LogP contribution in [0.1, 0.15) is 22.7 Å². The number of nitrogens with zero attached hydrogens (tertiary/aromatic N) is 2. The van der Waals surface area contributed by atoms with E-state index in [-0.39, 0.29) is 11.3 Å². The molecule has 0 bridgehead atoms. The van der Waals surface area contributed by atoms with Crippen molar-refractivity contribution in [3.05, 3.63) is 94.8 Å². The lowest BCUT2D eigenvalue weighted by molar-refractivity contribution is -0.132. The van der Waals surface area contributed by atoms with E-state index in [9.17, 15) is 19.1 Å². The van der Waals surface area contributed by atoms with Crippen LogP contribution in [0.25, 0.3) is 5.76 Å². The number of halogens is 1. The highest BCUT2D eigenvalue weighted by atomic mass is 19.1. The molecule has 2 aliphatic rings. The summed E-state index contributed by atoms with van der Waals surface area (Å²) in [7, 11) is 1.92. The lowest BCUT2D eigenvalue weighted by atomic mass is 9.94. The molecular formula is C27H23FN2O4. The summed E-state index contributed by atoms with van der Waals surface area (Å²) in [4.78, 5) is 29.8. The molecule has 1 atom stereocenters. The molecule has 1 saturated heterocycles. The van der Waals surface area contributed by atoms with Gasteiger partial charge in [-0.05, 0) is 55.0 Å². The van der Waals surface area contributed by atoms with Crippen LogP contribution in [0.4, 0.5) is 15.8 Å². The Kier molecular flexibility index (Phi) is 5.32. The Labute approximate surface area is 196 Å². The fourth-order valence-corrected chi connectivity index (χ4v) is 4.42. The van der Waals surface area contributed by atoms with Crippen molar-refractivity contribution in [3.8, 4) is 5.75 Å². The number of hydrogen-bond acceptors (Lipinski definition) is 5. The van der Waals surface area contributed by atoms with Gasteiger partial charge < -0.3 is 14.7 Å². The van der Waals surface area contributed by atoms with Crippen LogP contribution in [0.5, 0.6) is 5.75 Å². The molecule has 1 amide bonds. The van der Waals surface area contributed by atoms with Gasteiger partial charge in [-0.3, -0.25) is 14.5 Å². The fraction of sp³-hybridized carbons (Fsp3) is 0.185. The molecule has 2 aliphatic heterocycles. The number of likely N-dealkylation sites (N-methyl/N-ethyl adjacent to an activating group) is 1. The van der Waals surface area contributed by atoms with Gasteiger partial charge in [-0.2, -0.15) is 0 Å². The van der Waals surface area contributed by atoms with Gasteiger partial charge >= 0.3 is 0 Å². The van der Waals surface area contributed by atoms with Gasteiger partial charge in [0.05, 0.1) is 23.8 Å². The van der Waals surface area contributed by atoms with E-state index < -0.39 is 23.5 Å². The maximum absolute atomic E-state index is 13.7. The first-order chi connectivity index (χ1) is 16.3. The van der Waals surface area contributed by atoms with Crippen molar-refractivity contribution in [2.24, 2.45) is 0 Å². The molecule has 0 aliphatic carbocycles. The summed E-state index contributed by atoms with van der Waals surface area (Å²) >= 11 is 0. The Morgan fingerprint density at radius 3 is 2.44 bits per heavy atom. The third-order valence-corrected chi connectivity index (χ3v) is 6.27. The molecule has 6 nitrogen and oxygen atoms in total. The highest BCUT2D eigenvalue weighted by Crippen LogP contribution is 2.43. The molecule has 34 heavy (non-hydrogen) atoms. The number of hydrogen-bond donors (Lipinski definition) is 1. The molecule has 1 N–H and O–H groups in total. The summed E-state index contributed by atoms with van der Waals surface area (Å²) in [6.07, 6.45) is 0. The van der Waals surface area contributed by atoms with Gasteiger partial charge in [0.2, 0.25) is 0 Å². The first kappa shape index (κ1) is 21.7. The Bertz CT molecular complexity index is 1320. The highest BCUT2D eigenvalue weighted by molar-refractivity contribution is 6.51. The molecule has 2 heterocycles. The minimum atomic E-state index is -0.909. The smallest absolute Gasteiger partial charge is 0.300 e. The van der Waals surface area contributed by atoms with Crippen molar-refractivity contribution in [2.75, 3.05) is 30.0 Å². The predicted octanol–water partition coefficient (Wildman–Crippen LogP) is 4.59. The molecule has 3 aromatic rings. The molecule has 1 unspecified atom stereocenters. The molecular weight excluding hydrogens is 435 g/mol. The standard InChI is InChI=1S/C27H23FN2O4/c1-16-3-10-20(11-4-16)30-24(17-5-8-19(28)9-6-17)23(26(32)27(30)33)25(31)18-7-12-22-21(15-18)29(2)13-14-34-22/h3-12,15,24,31H,13-14H2,1-2H3/b25-23-. The lowest BCUT2D eigenvalue weighted by Crippen LogP contribution is -2.29. The van der Waals surface area contributed by atoms with Crippen molar-refractivity contribution in [1.29, 1.82) is 0 Å². The average Bonchev–Trinajstić information content (AvgIpc) is 3.10. The number of rotatable bonds is 3. The Morgan fingerprint density at radius 2 is 1.74 bits per heavy atom. The third-order valence-electron chi connectivity index (χ3n) is 6.27. The second-order valence-electron chi connectivity index (χ2n) is 8.51. The van der Waals surface area contributed by atoms with Crippen LogP contribution in [0.15, 0.2) is 72.3 Å². The van der Waals surface area contributed by atoms with Gasteiger partial charge in [0, 0.05) is 18.3 Å². The number of aliphatic hydroxyl groups is 1. The first-order valence-corrected chi connectivity index (χ1v) is 11.0. The number of amides is 1. The highest BCUT2D eigenvalue weighted by Gasteiger charge is 2.47. The SMILES string of the molecule is Cc1ccc(N2C(=O)C(=O)/C(=C(\O)c3ccc4c(c3)N(C)CCO4)C2c2ccc(F)cc2)cc1. The molecule has 0 aromatic heterocycles. The summed E-state index contributed by atoms with van der Waals surface area (Å²) in [5.74, 6) is -1.59. The predicted molar refractivity (Wildman–Crippen MR) is 128 cm³/mol. The van der Waals surface area contributed by atoms with Crippen molar-refractivity contribution in [3.63, 3.8) is 0 Å². The zero-order chi connectivity index (χ0) is 24.0. The monoisotopic (exact) mass is 458 g/mol. The summed E-state index contributed by atoms with van der Waals surface area (Å²) in [6.45, 7) is 3.16. The van der Waals surface area contributed by atoms with Crippen molar-refractivity contribution >= 4 is 28.8 Å². The number of benzene rings is 3. The van der Waals surface area contributed by atoms with Gasteiger partial charge in [-0.25, -0.2) is 4.39 Å². The minimum absolute atomic E-state index is 0.0449. The van der Waals surface area contributed by atoms with Crippen LogP contribution in [-0.2, 0) is 9.59 Å². The van der Waals surface area contributed by atoms with E-state index in [4.69, 9.17) is 4.74 Å². The number of anilines is 2. The van der Waals surface area contributed by atoms with E-state index in [0.717, 1.165) is 11.3 Å². The molecule has 0 radical (unpaired) electrons. The molecule has 5 rings (SSSR count). The van der Waals surface area contributed by atoms with E-state index in [1.54, 1.807) is 30.3 Å². The van der Waals surface area contributed by atoms with Crippen molar-refractivity contribution < 1.29 is 23.8 Å². The zero-order valence-electron chi connectivity index (χ0n) is 18.8. The number of Topliss-reactive ketones (excluding diaryl/α,β-unsaturated/α-hetero) is 1. The third kappa shape index (κ3) is 3.59. The van der Waals surface area contributed by atoms with E-state index in [0.29, 0.717) is 35.7 Å². The second-order valence-corrected chi connectivity index (χ2v) is 8.51. The van der Waals surface area contributed by atoms with Crippen LogP contribution in [0, 0.1) is 12.7 Å². The van der Waals surface area contributed by atoms with Crippen LogP contribution < -0.4 is 14.5 Å². The number of carbonyl (C=O) groups is 2. The van der Waals surface area contributed by atoms with Gasteiger partial charge in [-0.15, -0.1) is 0 Å². The number of ether oxygens (including phenoxy) is 1. The molecule has 0 saturated carbocycles. The van der Waals surface area contributed by atoms with E-state index in [2.05, 4.69) is 0 Å². The lowest BCUT2D eigenvalue weighted by Gasteiger charge is -2.28. The molecule has 172 valence electrons. The topological polar surface area (TPSA) is 70.1 Å². The molecule has 0 spiro atoms. The largest absolute Gasteiger partial charge is 0.507 e. The number of fused-ring (bicyclic) bond motifs is 1. The Hall–Kier alpha value is -4.13. The van der Waals surface area contributed by atoms with Crippen molar-refractivity contribution in [1.82, 2.24) is 0 Å². The quantitative estimate of drug-likeness (QED) is 0.353. The molecule has 7 heteroatoms. The maximum Gasteiger partial charge on any atom is 0.300 e. The minimum Gasteiger partial charge on any atom is -0.507 e. The zero-order valence-corrected chi connectivity index (χ0v) is 18.8. The summed E-state index contributed by atoms with van der Waals surface area (Å²) in [6, 6.07) is 17.0. The normalized spacial score (nSPS) is 19.2. The van der Waals surface area contributed by atoms with Crippen LogP contribution in [0.3, 0.4) is 0 Å². The van der Waals surface area contributed by atoms with Crippen LogP contribution in [-0.4, -0.2) is 37.0 Å². The average molecular weight is 458 g/mol. The van der Waals surface area contributed by atoms with Crippen LogP contribution in [0.2, 0.25) is 0 Å². The summed E-state index contributed by atoms with van der Waals surface area (Å²) in [5.41, 5.74) is 3.16. The Morgan fingerprint density at radius 1 is 1.03 bits per heavy atom. The molecule has 1 fully saturated rings. The first-order valence-electron chi connectivity index (χ1n) is 11.0. The van der Waals surface area contributed by atoms with E-state index >= 15 is 0 Å². The van der Waals surface area contributed by atoms with Gasteiger partial charge in [0.15, 0.2) is 0 Å². The van der Waals surface area contributed by atoms with Gasteiger partial charge in [0.1, 0.15) is 23.9 Å². The number of ketones is 1. The number of aryl methyl sites for hydroxylation is 1. The fourth-order valence-electron chi connectivity index (χ4n) is 4.42. The summed E-state index contributed by atoms with van der Waals surface area (Å²) < 4.78 is 19.4. The number of carbonyl (C=O) groups excluding carboxylic acids is 2. The van der Waals surface area contributed by atoms with Crippen molar-refractivity contribution in [2.45, 2.75) is 13.0 Å². The molecule has 3 aromatic carbocycles. The number of aliphatic hydroxyl groups excluding tert-OH is 1. The second kappa shape index (κ2) is 8.33. The van der Waals surface area contributed by atoms with Crippen LogP contribution >= 0.6 is 0 Å². The van der Waals surface area contributed by atoms with E-state index in [1.165, 1.54) is 29.2 Å². The maximum atomic E-state index is 13.7.